The first kappa shape index (κ1) is 8.55. The SMILES string of the molecule is CS(=O)(=O)c1ccc(S)cn1. The minimum atomic E-state index is -3.16. The maximum Gasteiger partial charge on any atom is 0.192 e. The van der Waals surface area contributed by atoms with Crippen molar-refractivity contribution in [2.75, 3.05) is 6.26 Å². The van der Waals surface area contributed by atoms with E-state index in [-0.39, 0.29) is 5.03 Å². The molecule has 5 heteroatoms. The molecule has 0 atom stereocenters. The van der Waals surface area contributed by atoms with Crippen molar-refractivity contribution in [3.05, 3.63) is 18.3 Å². The zero-order valence-corrected chi connectivity index (χ0v) is 7.56. The van der Waals surface area contributed by atoms with Crippen molar-refractivity contribution in [1.29, 1.82) is 0 Å². The highest BCUT2D eigenvalue weighted by molar-refractivity contribution is 7.90. The van der Waals surface area contributed by atoms with Crippen molar-refractivity contribution < 1.29 is 8.42 Å². The van der Waals surface area contributed by atoms with Crippen LogP contribution < -0.4 is 0 Å². The van der Waals surface area contributed by atoms with Crippen molar-refractivity contribution in [2.45, 2.75) is 9.92 Å². The van der Waals surface area contributed by atoms with Crippen LogP contribution in [0.1, 0.15) is 0 Å². The van der Waals surface area contributed by atoms with Gasteiger partial charge in [0.1, 0.15) is 0 Å². The minimum Gasteiger partial charge on any atom is -0.244 e. The Balaban J connectivity index is 3.20. The predicted octanol–water partition coefficient (Wildman–Crippen LogP) is 0.774. The van der Waals surface area contributed by atoms with Gasteiger partial charge >= 0.3 is 0 Å². The molecule has 0 aliphatic heterocycles. The Morgan fingerprint density at radius 2 is 2.09 bits per heavy atom. The van der Waals surface area contributed by atoms with E-state index in [2.05, 4.69) is 17.6 Å². The van der Waals surface area contributed by atoms with Gasteiger partial charge in [-0.25, -0.2) is 13.4 Å². The predicted molar refractivity (Wildman–Crippen MR) is 44.6 cm³/mol. The van der Waals surface area contributed by atoms with Gasteiger partial charge in [0.25, 0.3) is 0 Å². The summed E-state index contributed by atoms with van der Waals surface area (Å²) in [4.78, 5) is 4.34. The van der Waals surface area contributed by atoms with Crippen LogP contribution in [0.4, 0.5) is 0 Å². The van der Waals surface area contributed by atoms with Crippen LogP contribution in [0.25, 0.3) is 0 Å². The molecule has 0 unspecified atom stereocenters. The van der Waals surface area contributed by atoms with Crippen molar-refractivity contribution >= 4 is 22.5 Å². The van der Waals surface area contributed by atoms with E-state index in [0.29, 0.717) is 4.90 Å². The highest BCUT2D eigenvalue weighted by atomic mass is 32.2. The third-order valence-electron chi connectivity index (χ3n) is 1.10. The second-order valence-electron chi connectivity index (χ2n) is 2.13. The number of pyridine rings is 1. The smallest absolute Gasteiger partial charge is 0.192 e. The molecule has 0 bridgehead atoms. The highest BCUT2D eigenvalue weighted by Crippen LogP contribution is 2.08. The van der Waals surface area contributed by atoms with E-state index in [1.54, 1.807) is 6.07 Å². The lowest BCUT2D eigenvalue weighted by molar-refractivity contribution is 0.598. The topological polar surface area (TPSA) is 47.0 Å². The summed E-state index contributed by atoms with van der Waals surface area (Å²) >= 11 is 3.97. The summed E-state index contributed by atoms with van der Waals surface area (Å²) in [5, 5.41) is 0.0790. The van der Waals surface area contributed by atoms with Gasteiger partial charge in [0, 0.05) is 17.3 Å². The Kier molecular flexibility index (Phi) is 2.20. The molecule has 0 fully saturated rings. The minimum absolute atomic E-state index is 0.0790. The maximum atomic E-state index is 10.9. The lowest BCUT2D eigenvalue weighted by atomic mass is 10.5. The van der Waals surface area contributed by atoms with Gasteiger partial charge in [-0.3, -0.25) is 0 Å². The van der Waals surface area contributed by atoms with Gasteiger partial charge in [-0.05, 0) is 12.1 Å². The van der Waals surface area contributed by atoms with Crippen LogP contribution in [-0.4, -0.2) is 19.7 Å². The standard InChI is InChI=1S/C6H7NO2S2/c1-11(8,9)6-3-2-5(10)4-7-6/h2-4,10H,1H3. The molecule has 3 nitrogen and oxygen atoms in total. The molecule has 1 aromatic rings. The van der Waals surface area contributed by atoms with Crippen molar-refractivity contribution in [3.63, 3.8) is 0 Å². The Hall–Kier alpha value is -0.550. The van der Waals surface area contributed by atoms with Crippen LogP contribution in [0.2, 0.25) is 0 Å². The van der Waals surface area contributed by atoms with Gasteiger partial charge < -0.3 is 0 Å². The van der Waals surface area contributed by atoms with Gasteiger partial charge in [0.05, 0.1) is 0 Å². The molecule has 11 heavy (non-hydrogen) atoms. The fraction of sp³-hybridized carbons (Fsp3) is 0.167. The average Bonchev–Trinajstić information content (AvgIpc) is 1.86. The molecule has 0 aromatic carbocycles. The van der Waals surface area contributed by atoms with E-state index in [4.69, 9.17) is 0 Å². The van der Waals surface area contributed by atoms with Gasteiger partial charge in [0.15, 0.2) is 14.9 Å². The van der Waals surface area contributed by atoms with Crippen LogP contribution in [0.3, 0.4) is 0 Å². The molecule has 60 valence electrons. The first-order valence-electron chi connectivity index (χ1n) is 2.85. The van der Waals surface area contributed by atoms with E-state index in [9.17, 15) is 8.42 Å². The largest absolute Gasteiger partial charge is 0.244 e. The molecule has 0 saturated heterocycles. The lowest BCUT2D eigenvalue weighted by Crippen LogP contribution is -1.99. The fourth-order valence-electron chi connectivity index (χ4n) is 0.592. The normalized spacial score (nSPS) is 11.5. The second kappa shape index (κ2) is 2.83. The zero-order chi connectivity index (χ0) is 8.48. The molecule has 0 saturated carbocycles. The summed E-state index contributed by atoms with van der Waals surface area (Å²) in [7, 11) is -3.16. The Bertz CT molecular complexity index is 341. The van der Waals surface area contributed by atoms with Gasteiger partial charge in [-0.15, -0.1) is 12.6 Å². The summed E-state index contributed by atoms with van der Waals surface area (Å²) in [6, 6.07) is 3.02. The van der Waals surface area contributed by atoms with Crippen molar-refractivity contribution in [2.24, 2.45) is 0 Å². The van der Waals surface area contributed by atoms with E-state index < -0.39 is 9.84 Å². The van der Waals surface area contributed by atoms with Gasteiger partial charge in [0.2, 0.25) is 0 Å². The van der Waals surface area contributed by atoms with Crippen LogP contribution >= 0.6 is 12.6 Å². The summed E-state index contributed by atoms with van der Waals surface area (Å²) < 4.78 is 21.7. The van der Waals surface area contributed by atoms with E-state index >= 15 is 0 Å². The quantitative estimate of drug-likeness (QED) is 0.664. The number of sulfone groups is 1. The molecular weight excluding hydrogens is 182 g/mol. The third-order valence-corrected chi connectivity index (χ3v) is 2.37. The van der Waals surface area contributed by atoms with Crippen LogP contribution in [-0.2, 0) is 9.84 Å². The molecule has 0 N–H and O–H groups in total. The molecular formula is C6H7NO2S2. The number of rotatable bonds is 1. The number of hydrogen-bond acceptors (Lipinski definition) is 4. The van der Waals surface area contributed by atoms with Crippen LogP contribution in [0, 0.1) is 0 Å². The number of hydrogen-bond donors (Lipinski definition) is 1. The monoisotopic (exact) mass is 189 g/mol. The molecule has 1 rings (SSSR count). The number of aromatic nitrogens is 1. The van der Waals surface area contributed by atoms with Gasteiger partial charge in [-0.2, -0.15) is 0 Å². The molecule has 0 aliphatic rings. The summed E-state index contributed by atoms with van der Waals surface area (Å²) in [5.74, 6) is 0. The molecule has 0 amide bonds. The Morgan fingerprint density at radius 3 is 2.45 bits per heavy atom. The van der Waals surface area contributed by atoms with Crippen LogP contribution in [0.5, 0.6) is 0 Å². The molecule has 1 aromatic heterocycles. The fourth-order valence-corrected chi connectivity index (χ4v) is 1.28. The summed E-state index contributed by atoms with van der Waals surface area (Å²) in [6.07, 6.45) is 2.52. The average molecular weight is 189 g/mol. The van der Waals surface area contributed by atoms with Gasteiger partial charge in [-0.1, -0.05) is 0 Å². The summed E-state index contributed by atoms with van der Waals surface area (Å²) in [5.41, 5.74) is 0. The molecule has 0 radical (unpaired) electrons. The summed E-state index contributed by atoms with van der Waals surface area (Å²) in [6.45, 7) is 0. The Labute approximate surface area is 70.8 Å². The zero-order valence-electron chi connectivity index (χ0n) is 5.85. The third kappa shape index (κ3) is 2.20. The Morgan fingerprint density at radius 1 is 1.45 bits per heavy atom. The first-order valence-corrected chi connectivity index (χ1v) is 5.19. The molecule has 0 spiro atoms. The second-order valence-corrected chi connectivity index (χ2v) is 4.61. The lowest BCUT2D eigenvalue weighted by Gasteiger charge is -1.95. The first-order chi connectivity index (χ1) is 5.00. The number of nitrogens with zero attached hydrogens (tertiary/aromatic N) is 1. The highest BCUT2D eigenvalue weighted by Gasteiger charge is 2.06. The van der Waals surface area contributed by atoms with Crippen molar-refractivity contribution in [3.8, 4) is 0 Å². The number of thiol groups is 1. The molecule has 0 aliphatic carbocycles. The van der Waals surface area contributed by atoms with E-state index in [0.717, 1.165) is 6.26 Å². The van der Waals surface area contributed by atoms with Crippen LogP contribution in [0.15, 0.2) is 28.3 Å². The van der Waals surface area contributed by atoms with Crippen molar-refractivity contribution in [1.82, 2.24) is 4.98 Å². The van der Waals surface area contributed by atoms with E-state index in [1.807, 2.05) is 0 Å². The maximum absolute atomic E-state index is 10.9. The molecule has 1 heterocycles. The van der Waals surface area contributed by atoms with E-state index in [1.165, 1.54) is 12.3 Å².